The summed E-state index contributed by atoms with van der Waals surface area (Å²) >= 11 is 0. The van der Waals surface area contributed by atoms with Gasteiger partial charge in [-0.3, -0.25) is 9.48 Å². The SMILES string of the molecule is COc1cccc(-c2cc(C(=O)N3CCN(c4cc(-n5cccn5)ncn4)CC3)n(C)n2)c1. The van der Waals surface area contributed by atoms with E-state index in [1.807, 2.05) is 53.6 Å². The summed E-state index contributed by atoms with van der Waals surface area (Å²) in [7, 11) is 3.43. The molecule has 3 aromatic heterocycles. The third-order valence-electron chi connectivity index (χ3n) is 5.73. The van der Waals surface area contributed by atoms with Crippen molar-refractivity contribution < 1.29 is 9.53 Å². The number of carbonyl (C=O) groups excluding carboxylic acids is 1. The highest BCUT2D eigenvalue weighted by molar-refractivity contribution is 5.94. The maximum atomic E-state index is 13.2. The number of rotatable bonds is 5. The van der Waals surface area contributed by atoms with Gasteiger partial charge in [-0.2, -0.15) is 10.2 Å². The predicted octanol–water partition coefficient (Wildman–Crippen LogP) is 2.03. The molecule has 10 heteroatoms. The molecule has 4 heterocycles. The molecule has 1 saturated heterocycles. The van der Waals surface area contributed by atoms with Gasteiger partial charge in [0.1, 0.15) is 23.6 Å². The largest absolute Gasteiger partial charge is 0.497 e. The standard InChI is InChI=1S/C23H24N8O2/c1-28-20(14-19(27-28)17-5-3-6-18(13-17)33-2)23(32)30-11-9-29(10-12-30)21-15-22(25-16-24-21)31-8-4-7-26-31/h3-8,13-16H,9-12H2,1-2H3. The molecule has 0 unspecified atom stereocenters. The minimum Gasteiger partial charge on any atom is -0.497 e. The fourth-order valence-corrected chi connectivity index (χ4v) is 3.93. The van der Waals surface area contributed by atoms with Crippen LogP contribution in [0.15, 0.2) is 61.2 Å². The maximum absolute atomic E-state index is 13.2. The monoisotopic (exact) mass is 444 g/mol. The minimum atomic E-state index is -0.0290. The lowest BCUT2D eigenvalue weighted by molar-refractivity contribution is 0.0735. The Morgan fingerprint density at radius 3 is 2.58 bits per heavy atom. The van der Waals surface area contributed by atoms with Crippen LogP contribution in [0.2, 0.25) is 0 Å². The molecule has 33 heavy (non-hydrogen) atoms. The van der Waals surface area contributed by atoms with Gasteiger partial charge in [-0.15, -0.1) is 0 Å². The zero-order valence-corrected chi connectivity index (χ0v) is 18.5. The normalized spacial score (nSPS) is 13.9. The van der Waals surface area contributed by atoms with Crippen LogP contribution in [-0.2, 0) is 7.05 Å². The van der Waals surface area contributed by atoms with E-state index in [-0.39, 0.29) is 5.91 Å². The Kier molecular flexibility index (Phi) is 5.47. The summed E-state index contributed by atoms with van der Waals surface area (Å²) in [5.74, 6) is 2.26. The molecule has 0 spiro atoms. The van der Waals surface area contributed by atoms with Crippen LogP contribution in [0.4, 0.5) is 5.82 Å². The van der Waals surface area contributed by atoms with Crippen molar-refractivity contribution in [1.29, 1.82) is 0 Å². The summed E-state index contributed by atoms with van der Waals surface area (Å²) < 4.78 is 8.65. The summed E-state index contributed by atoms with van der Waals surface area (Å²) in [5, 5.41) is 8.77. The van der Waals surface area contributed by atoms with Gasteiger partial charge < -0.3 is 14.5 Å². The minimum absolute atomic E-state index is 0.0290. The quantitative estimate of drug-likeness (QED) is 0.465. The Balaban J connectivity index is 1.28. The molecule has 0 atom stereocenters. The highest BCUT2D eigenvalue weighted by Crippen LogP contribution is 2.24. The van der Waals surface area contributed by atoms with E-state index < -0.39 is 0 Å². The van der Waals surface area contributed by atoms with Crippen LogP contribution in [0.25, 0.3) is 17.1 Å². The van der Waals surface area contributed by atoms with Crippen molar-refractivity contribution in [1.82, 2.24) is 34.4 Å². The third-order valence-corrected chi connectivity index (χ3v) is 5.73. The first-order valence-electron chi connectivity index (χ1n) is 10.7. The maximum Gasteiger partial charge on any atom is 0.272 e. The summed E-state index contributed by atoms with van der Waals surface area (Å²) in [5.41, 5.74) is 2.21. The second kappa shape index (κ2) is 8.73. The molecule has 1 fully saturated rings. The number of piperazine rings is 1. The summed E-state index contributed by atoms with van der Waals surface area (Å²) in [6.45, 7) is 2.56. The average molecular weight is 444 g/mol. The Bertz CT molecular complexity index is 1260. The molecule has 168 valence electrons. The van der Waals surface area contributed by atoms with Crippen molar-refractivity contribution in [3.63, 3.8) is 0 Å². The number of carbonyl (C=O) groups is 1. The number of anilines is 1. The van der Waals surface area contributed by atoms with Gasteiger partial charge in [-0.25, -0.2) is 14.6 Å². The number of methoxy groups -OCH3 is 1. The van der Waals surface area contributed by atoms with Crippen LogP contribution in [0.3, 0.4) is 0 Å². The van der Waals surface area contributed by atoms with Crippen molar-refractivity contribution in [2.24, 2.45) is 7.05 Å². The van der Waals surface area contributed by atoms with E-state index in [0.29, 0.717) is 37.7 Å². The Labute approximate surface area is 191 Å². The summed E-state index contributed by atoms with van der Waals surface area (Å²) in [6.07, 6.45) is 5.10. The lowest BCUT2D eigenvalue weighted by Crippen LogP contribution is -2.49. The molecular weight excluding hydrogens is 420 g/mol. The van der Waals surface area contributed by atoms with Crippen molar-refractivity contribution in [2.75, 3.05) is 38.2 Å². The molecule has 0 saturated carbocycles. The second-order valence-electron chi connectivity index (χ2n) is 7.73. The van der Waals surface area contributed by atoms with Crippen LogP contribution >= 0.6 is 0 Å². The van der Waals surface area contributed by atoms with Gasteiger partial charge >= 0.3 is 0 Å². The smallest absolute Gasteiger partial charge is 0.272 e. The summed E-state index contributed by atoms with van der Waals surface area (Å²) in [6, 6.07) is 13.3. The topological polar surface area (TPSA) is 94.2 Å². The molecule has 1 aromatic carbocycles. The molecule has 0 N–H and O–H groups in total. The van der Waals surface area contributed by atoms with Crippen LogP contribution in [-0.4, -0.2) is 73.6 Å². The first-order chi connectivity index (χ1) is 16.1. The molecule has 1 amide bonds. The number of aromatic nitrogens is 6. The highest BCUT2D eigenvalue weighted by Gasteiger charge is 2.26. The lowest BCUT2D eigenvalue weighted by Gasteiger charge is -2.35. The van der Waals surface area contributed by atoms with Crippen LogP contribution in [0.1, 0.15) is 10.5 Å². The van der Waals surface area contributed by atoms with Crippen LogP contribution in [0, 0.1) is 0 Å². The zero-order chi connectivity index (χ0) is 22.8. The van der Waals surface area contributed by atoms with Crippen LogP contribution < -0.4 is 9.64 Å². The third kappa shape index (κ3) is 4.14. The Hall–Kier alpha value is -4.21. The van der Waals surface area contributed by atoms with Gasteiger partial charge in [0.15, 0.2) is 5.82 Å². The molecule has 0 bridgehead atoms. The molecule has 10 nitrogen and oxygen atoms in total. The average Bonchev–Trinajstić information content (AvgIpc) is 3.54. The number of nitrogens with zero attached hydrogens (tertiary/aromatic N) is 8. The van der Waals surface area contributed by atoms with Crippen molar-refractivity contribution in [3.8, 4) is 22.8 Å². The molecule has 1 aliphatic heterocycles. The predicted molar refractivity (Wildman–Crippen MR) is 122 cm³/mol. The molecule has 4 aromatic rings. The van der Waals surface area contributed by atoms with E-state index in [1.165, 1.54) is 0 Å². The number of benzene rings is 1. The van der Waals surface area contributed by atoms with E-state index >= 15 is 0 Å². The number of aryl methyl sites for hydroxylation is 1. The van der Waals surface area contributed by atoms with Crippen LogP contribution in [0.5, 0.6) is 5.75 Å². The van der Waals surface area contributed by atoms with E-state index in [2.05, 4.69) is 25.1 Å². The van der Waals surface area contributed by atoms with Gasteiger partial charge in [0.2, 0.25) is 0 Å². The van der Waals surface area contributed by atoms with E-state index in [1.54, 1.807) is 36.0 Å². The van der Waals surface area contributed by atoms with E-state index in [0.717, 1.165) is 22.8 Å². The van der Waals surface area contributed by atoms with Gasteiger partial charge in [0.25, 0.3) is 5.91 Å². The van der Waals surface area contributed by atoms with Crippen molar-refractivity contribution in [3.05, 3.63) is 66.9 Å². The first-order valence-corrected chi connectivity index (χ1v) is 10.7. The Morgan fingerprint density at radius 2 is 1.82 bits per heavy atom. The molecular formula is C23H24N8O2. The van der Waals surface area contributed by atoms with Gasteiger partial charge in [0, 0.05) is 57.3 Å². The second-order valence-corrected chi connectivity index (χ2v) is 7.73. The number of hydrogen-bond donors (Lipinski definition) is 0. The van der Waals surface area contributed by atoms with Gasteiger partial charge in [-0.1, -0.05) is 12.1 Å². The highest BCUT2D eigenvalue weighted by atomic mass is 16.5. The number of amides is 1. The van der Waals surface area contributed by atoms with Gasteiger partial charge in [0.05, 0.1) is 12.8 Å². The molecule has 0 aliphatic carbocycles. The van der Waals surface area contributed by atoms with Crippen molar-refractivity contribution >= 4 is 11.7 Å². The summed E-state index contributed by atoms with van der Waals surface area (Å²) in [4.78, 5) is 25.9. The van der Waals surface area contributed by atoms with E-state index in [9.17, 15) is 4.79 Å². The molecule has 0 radical (unpaired) electrons. The fraction of sp³-hybridized carbons (Fsp3) is 0.261. The lowest BCUT2D eigenvalue weighted by atomic mass is 10.1. The number of hydrogen-bond acceptors (Lipinski definition) is 7. The molecule has 5 rings (SSSR count). The van der Waals surface area contributed by atoms with Gasteiger partial charge in [-0.05, 0) is 24.3 Å². The Morgan fingerprint density at radius 1 is 1.00 bits per heavy atom. The first kappa shape index (κ1) is 20.7. The zero-order valence-electron chi connectivity index (χ0n) is 18.5. The van der Waals surface area contributed by atoms with E-state index in [4.69, 9.17) is 4.74 Å². The number of ether oxygens (including phenoxy) is 1. The fourth-order valence-electron chi connectivity index (χ4n) is 3.93. The van der Waals surface area contributed by atoms with Crippen molar-refractivity contribution in [2.45, 2.75) is 0 Å². The molecule has 1 aliphatic rings.